The predicted molar refractivity (Wildman–Crippen MR) is 59.0 cm³/mol. The molecule has 0 spiro atoms. The van der Waals surface area contributed by atoms with Crippen LogP contribution in [0.25, 0.3) is 0 Å². The number of rotatable bonds is 4. The Morgan fingerprint density at radius 2 is 2.40 bits per heavy atom. The molecule has 1 saturated carbocycles. The van der Waals surface area contributed by atoms with Crippen LogP contribution in [0.15, 0.2) is 11.4 Å². The Morgan fingerprint density at radius 1 is 1.67 bits per heavy atom. The summed E-state index contributed by atoms with van der Waals surface area (Å²) in [6.07, 6.45) is 5.61. The molecule has 0 unspecified atom stereocenters. The summed E-state index contributed by atoms with van der Waals surface area (Å²) in [6.45, 7) is 0. The highest BCUT2D eigenvalue weighted by molar-refractivity contribution is 7.98. The topological polar surface area (TPSA) is 80.9 Å². The minimum Gasteiger partial charge on any atom is -0.367 e. The van der Waals surface area contributed by atoms with Crippen molar-refractivity contribution in [3.05, 3.63) is 11.8 Å². The molecule has 5 nitrogen and oxygen atoms in total. The van der Waals surface area contributed by atoms with Gasteiger partial charge in [0.15, 0.2) is 5.16 Å². The summed E-state index contributed by atoms with van der Waals surface area (Å²) in [5.74, 6) is 0.0650. The highest BCUT2D eigenvalue weighted by atomic mass is 32.2. The standard InChI is InChI=1S/C9H12N4OS/c1-15-9-11-4-6(7(10)14)8(13-9)12-5-2-3-5/h4-5H,2-3H2,1H3,(H2,10,14)(H,11,12,13). The van der Waals surface area contributed by atoms with Crippen molar-refractivity contribution in [2.24, 2.45) is 5.73 Å². The fourth-order valence-electron chi connectivity index (χ4n) is 1.18. The van der Waals surface area contributed by atoms with E-state index in [0.29, 0.717) is 22.6 Å². The molecule has 1 fully saturated rings. The van der Waals surface area contributed by atoms with Crippen molar-refractivity contribution in [3.8, 4) is 0 Å². The molecule has 0 aromatic carbocycles. The van der Waals surface area contributed by atoms with Crippen molar-refractivity contribution < 1.29 is 4.79 Å². The first-order valence-corrected chi connectivity index (χ1v) is 5.90. The number of carbonyl (C=O) groups is 1. The zero-order chi connectivity index (χ0) is 10.8. The molecule has 6 heteroatoms. The van der Waals surface area contributed by atoms with Gasteiger partial charge in [0.2, 0.25) is 0 Å². The number of nitrogens with two attached hydrogens (primary N) is 1. The molecule has 1 aliphatic rings. The van der Waals surface area contributed by atoms with Crippen LogP contribution in [0, 0.1) is 0 Å². The lowest BCUT2D eigenvalue weighted by molar-refractivity contribution is 0.1000. The minimum atomic E-state index is -0.495. The summed E-state index contributed by atoms with van der Waals surface area (Å²) >= 11 is 1.44. The van der Waals surface area contributed by atoms with Crippen LogP contribution < -0.4 is 11.1 Å². The monoisotopic (exact) mass is 224 g/mol. The van der Waals surface area contributed by atoms with Gasteiger partial charge in [0.05, 0.1) is 5.56 Å². The third-order valence-corrected chi connectivity index (χ3v) is 2.69. The van der Waals surface area contributed by atoms with Crippen molar-refractivity contribution in [1.82, 2.24) is 9.97 Å². The van der Waals surface area contributed by atoms with Gasteiger partial charge in [0.25, 0.3) is 5.91 Å². The second-order valence-corrected chi connectivity index (χ2v) is 4.18. The molecule has 1 amide bonds. The summed E-state index contributed by atoms with van der Waals surface area (Å²) in [4.78, 5) is 19.4. The van der Waals surface area contributed by atoms with E-state index in [9.17, 15) is 4.79 Å². The third-order valence-electron chi connectivity index (χ3n) is 2.13. The van der Waals surface area contributed by atoms with Crippen LogP contribution in [-0.4, -0.2) is 28.2 Å². The normalized spacial score (nSPS) is 15.0. The Balaban J connectivity index is 2.30. The maximum Gasteiger partial charge on any atom is 0.254 e. The average molecular weight is 224 g/mol. The van der Waals surface area contributed by atoms with Crippen LogP contribution in [-0.2, 0) is 0 Å². The molecule has 0 bridgehead atoms. The lowest BCUT2D eigenvalue weighted by Gasteiger charge is -2.08. The smallest absolute Gasteiger partial charge is 0.254 e. The summed E-state index contributed by atoms with van der Waals surface area (Å²) in [5, 5.41) is 3.82. The summed E-state index contributed by atoms with van der Waals surface area (Å²) in [5.41, 5.74) is 5.60. The first kappa shape index (κ1) is 10.2. The number of nitrogens with zero attached hydrogens (tertiary/aromatic N) is 2. The van der Waals surface area contributed by atoms with E-state index in [1.54, 1.807) is 0 Å². The van der Waals surface area contributed by atoms with Gasteiger partial charge in [0, 0.05) is 12.2 Å². The van der Waals surface area contributed by atoms with Crippen molar-refractivity contribution in [2.45, 2.75) is 24.0 Å². The first-order valence-electron chi connectivity index (χ1n) is 4.68. The number of carbonyl (C=O) groups excluding carboxylic acids is 1. The number of nitrogens with one attached hydrogen (secondary N) is 1. The fourth-order valence-corrected chi connectivity index (χ4v) is 1.52. The highest BCUT2D eigenvalue weighted by Gasteiger charge is 2.24. The van der Waals surface area contributed by atoms with Gasteiger partial charge in [-0.15, -0.1) is 0 Å². The van der Waals surface area contributed by atoms with Crippen molar-refractivity contribution in [2.75, 3.05) is 11.6 Å². The molecule has 0 saturated heterocycles. The van der Waals surface area contributed by atoms with E-state index in [0.717, 1.165) is 12.8 Å². The number of thioether (sulfide) groups is 1. The molecule has 1 aliphatic carbocycles. The fraction of sp³-hybridized carbons (Fsp3) is 0.444. The predicted octanol–water partition coefficient (Wildman–Crippen LogP) is 0.872. The quantitative estimate of drug-likeness (QED) is 0.586. The van der Waals surface area contributed by atoms with Crippen LogP contribution in [0.3, 0.4) is 0 Å². The second kappa shape index (κ2) is 4.06. The number of anilines is 1. The van der Waals surface area contributed by atoms with E-state index >= 15 is 0 Å². The molecule has 1 aromatic heterocycles. The second-order valence-electron chi connectivity index (χ2n) is 3.40. The molecule has 1 aromatic rings. The summed E-state index contributed by atoms with van der Waals surface area (Å²) < 4.78 is 0. The Labute approximate surface area is 91.9 Å². The molecule has 15 heavy (non-hydrogen) atoms. The molecule has 80 valence electrons. The van der Waals surface area contributed by atoms with Gasteiger partial charge in [-0.2, -0.15) is 0 Å². The zero-order valence-corrected chi connectivity index (χ0v) is 9.17. The molecule has 0 atom stereocenters. The van der Waals surface area contributed by atoms with E-state index in [-0.39, 0.29) is 0 Å². The van der Waals surface area contributed by atoms with Gasteiger partial charge in [-0.1, -0.05) is 11.8 Å². The van der Waals surface area contributed by atoms with Gasteiger partial charge in [-0.3, -0.25) is 4.79 Å². The van der Waals surface area contributed by atoms with Gasteiger partial charge < -0.3 is 11.1 Å². The molecular formula is C9H12N4OS. The van der Waals surface area contributed by atoms with Crippen LogP contribution in [0.5, 0.6) is 0 Å². The van der Waals surface area contributed by atoms with E-state index in [1.165, 1.54) is 18.0 Å². The largest absolute Gasteiger partial charge is 0.367 e. The Morgan fingerprint density at radius 3 is 2.93 bits per heavy atom. The number of hydrogen-bond donors (Lipinski definition) is 2. The number of primary amides is 1. The van der Waals surface area contributed by atoms with Gasteiger partial charge in [-0.05, 0) is 19.1 Å². The van der Waals surface area contributed by atoms with Crippen molar-refractivity contribution >= 4 is 23.5 Å². The maximum atomic E-state index is 11.1. The van der Waals surface area contributed by atoms with E-state index in [1.807, 2.05) is 6.26 Å². The first-order chi connectivity index (χ1) is 7.20. The number of amides is 1. The van der Waals surface area contributed by atoms with Crippen LogP contribution in [0.2, 0.25) is 0 Å². The number of hydrogen-bond acceptors (Lipinski definition) is 5. The average Bonchev–Trinajstić information content (AvgIpc) is 3.01. The lowest BCUT2D eigenvalue weighted by Crippen LogP contribution is -2.17. The Kier molecular flexibility index (Phi) is 2.77. The summed E-state index contributed by atoms with van der Waals surface area (Å²) in [6, 6.07) is 0.438. The number of aromatic nitrogens is 2. The van der Waals surface area contributed by atoms with Crippen LogP contribution in [0.1, 0.15) is 23.2 Å². The molecular weight excluding hydrogens is 212 g/mol. The van der Waals surface area contributed by atoms with Crippen LogP contribution >= 0.6 is 11.8 Å². The maximum absolute atomic E-state index is 11.1. The van der Waals surface area contributed by atoms with Crippen LogP contribution in [0.4, 0.5) is 5.82 Å². The van der Waals surface area contributed by atoms with Gasteiger partial charge in [-0.25, -0.2) is 9.97 Å². The minimum absolute atomic E-state index is 0.361. The van der Waals surface area contributed by atoms with Gasteiger partial charge in [0.1, 0.15) is 5.82 Å². The lowest BCUT2D eigenvalue weighted by atomic mass is 10.3. The molecule has 1 heterocycles. The molecule has 3 N–H and O–H groups in total. The molecule has 0 aliphatic heterocycles. The highest BCUT2D eigenvalue weighted by Crippen LogP contribution is 2.26. The molecule has 0 radical (unpaired) electrons. The van der Waals surface area contributed by atoms with E-state index in [4.69, 9.17) is 5.73 Å². The van der Waals surface area contributed by atoms with Crippen molar-refractivity contribution in [3.63, 3.8) is 0 Å². The van der Waals surface area contributed by atoms with E-state index < -0.39 is 5.91 Å². The third kappa shape index (κ3) is 2.38. The van der Waals surface area contributed by atoms with Gasteiger partial charge >= 0.3 is 0 Å². The SMILES string of the molecule is CSc1ncc(C(N)=O)c(NC2CC2)n1. The Bertz CT molecular complexity index is 392. The molecule has 2 rings (SSSR count). The zero-order valence-electron chi connectivity index (χ0n) is 8.36. The Hall–Kier alpha value is -1.30. The summed E-state index contributed by atoms with van der Waals surface area (Å²) in [7, 11) is 0. The van der Waals surface area contributed by atoms with Crippen molar-refractivity contribution in [1.29, 1.82) is 0 Å². The van der Waals surface area contributed by atoms with E-state index in [2.05, 4.69) is 15.3 Å².